The first kappa shape index (κ1) is 22.6. The fourth-order valence-corrected chi connectivity index (χ4v) is 3.94. The van der Waals surface area contributed by atoms with E-state index in [1.54, 1.807) is 0 Å². The molecule has 1 aliphatic rings. The Morgan fingerprint density at radius 1 is 1.04 bits per heavy atom. The smallest absolute Gasteiger partial charge is 0.0596 e. The van der Waals surface area contributed by atoms with Crippen LogP contribution in [0.25, 0.3) is 0 Å². The SMILES string of the molecule is CC(C)C.Cc1cc(C)n(C2CCN(C(C)CC(N)c3ccccc3)CC2)n1. The van der Waals surface area contributed by atoms with Gasteiger partial charge in [0.15, 0.2) is 0 Å². The monoisotopic (exact) mass is 384 g/mol. The molecular weight excluding hydrogens is 344 g/mol. The molecule has 0 saturated carbocycles. The summed E-state index contributed by atoms with van der Waals surface area (Å²) in [5, 5.41) is 4.67. The topological polar surface area (TPSA) is 47.1 Å². The van der Waals surface area contributed by atoms with Gasteiger partial charge in [0.1, 0.15) is 0 Å². The van der Waals surface area contributed by atoms with Crippen LogP contribution in [0, 0.1) is 19.8 Å². The minimum atomic E-state index is 0.120. The summed E-state index contributed by atoms with van der Waals surface area (Å²) >= 11 is 0. The van der Waals surface area contributed by atoms with Gasteiger partial charge in [0.05, 0.1) is 11.7 Å². The second-order valence-corrected chi connectivity index (χ2v) is 8.97. The summed E-state index contributed by atoms with van der Waals surface area (Å²) in [5.41, 5.74) is 10.0. The van der Waals surface area contributed by atoms with Crippen molar-refractivity contribution < 1.29 is 0 Å². The Kier molecular flexibility index (Phi) is 8.71. The highest BCUT2D eigenvalue weighted by Gasteiger charge is 2.26. The van der Waals surface area contributed by atoms with E-state index in [4.69, 9.17) is 5.73 Å². The Bertz CT molecular complexity index is 681. The van der Waals surface area contributed by atoms with E-state index in [0.717, 1.165) is 31.1 Å². The first-order valence-corrected chi connectivity index (χ1v) is 10.8. The summed E-state index contributed by atoms with van der Waals surface area (Å²) < 4.78 is 2.23. The maximum absolute atomic E-state index is 6.40. The number of aryl methyl sites for hydroxylation is 2. The molecule has 4 heteroatoms. The summed E-state index contributed by atoms with van der Waals surface area (Å²) in [6.45, 7) is 15.3. The van der Waals surface area contributed by atoms with Crippen LogP contribution in [0.2, 0.25) is 0 Å². The zero-order valence-electron chi connectivity index (χ0n) is 18.7. The van der Waals surface area contributed by atoms with Crippen molar-refractivity contribution in [2.24, 2.45) is 11.7 Å². The Morgan fingerprint density at radius 2 is 1.61 bits per heavy atom. The van der Waals surface area contributed by atoms with Crippen LogP contribution in [-0.4, -0.2) is 33.8 Å². The second kappa shape index (κ2) is 10.8. The molecule has 156 valence electrons. The maximum atomic E-state index is 6.40. The first-order valence-electron chi connectivity index (χ1n) is 10.8. The van der Waals surface area contributed by atoms with Crippen molar-refractivity contribution >= 4 is 0 Å². The van der Waals surface area contributed by atoms with Gasteiger partial charge in [0, 0.05) is 30.9 Å². The van der Waals surface area contributed by atoms with Crippen LogP contribution in [0.5, 0.6) is 0 Å². The molecule has 28 heavy (non-hydrogen) atoms. The van der Waals surface area contributed by atoms with Crippen molar-refractivity contribution in [3.63, 3.8) is 0 Å². The van der Waals surface area contributed by atoms with Crippen LogP contribution in [0.15, 0.2) is 36.4 Å². The van der Waals surface area contributed by atoms with Gasteiger partial charge in [-0.25, -0.2) is 0 Å². The fraction of sp³-hybridized carbons (Fsp3) is 0.625. The normalized spacial score (nSPS) is 17.9. The van der Waals surface area contributed by atoms with E-state index < -0.39 is 0 Å². The van der Waals surface area contributed by atoms with Crippen molar-refractivity contribution in [1.29, 1.82) is 0 Å². The number of rotatable bonds is 5. The summed E-state index contributed by atoms with van der Waals surface area (Å²) in [6, 6.07) is 13.8. The largest absolute Gasteiger partial charge is 0.324 e. The van der Waals surface area contributed by atoms with Gasteiger partial charge in [0.2, 0.25) is 0 Å². The summed E-state index contributed by atoms with van der Waals surface area (Å²) in [6.07, 6.45) is 3.36. The van der Waals surface area contributed by atoms with Gasteiger partial charge >= 0.3 is 0 Å². The predicted molar refractivity (Wildman–Crippen MR) is 120 cm³/mol. The number of aromatic nitrogens is 2. The van der Waals surface area contributed by atoms with Crippen LogP contribution in [0.1, 0.15) is 76.0 Å². The lowest BCUT2D eigenvalue weighted by molar-refractivity contribution is 0.128. The summed E-state index contributed by atoms with van der Waals surface area (Å²) in [5.74, 6) is 0.833. The fourth-order valence-electron chi connectivity index (χ4n) is 3.94. The molecule has 2 aromatic rings. The molecule has 3 rings (SSSR count). The number of nitrogens with two attached hydrogens (primary N) is 1. The minimum absolute atomic E-state index is 0.120. The zero-order valence-corrected chi connectivity index (χ0v) is 18.7. The lowest BCUT2D eigenvalue weighted by atomic mass is 9.97. The third-order valence-corrected chi connectivity index (χ3v) is 5.34. The average Bonchev–Trinajstić information content (AvgIpc) is 3.00. The predicted octanol–water partition coefficient (Wildman–Crippen LogP) is 5.28. The zero-order chi connectivity index (χ0) is 20.7. The van der Waals surface area contributed by atoms with E-state index >= 15 is 0 Å². The third kappa shape index (κ3) is 6.75. The number of nitrogens with zero attached hydrogens (tertiary/aromatic N) is 3. The van der Waals surface area contributed by atoms with E-state index in [2.05, 4.69) is 86.6 Å². The Balaban J connectivity index is 0.000000640. The maximum Gasteiger partial charge on any atom is 0.0596 e. The molecule has 1 aromatic carbocycles. The number of hydrogen-bond donors (Lipinski definition) is 1. The highest BCUT2D eigenvalue weighted by molar-refractivity contribution is 5.18. The molecule has 1 fully saturated rings. The third-order valence-electron chi connectivity index (χ3n) is 5.34. The van der Waals surface area contributed by atoms with Crippen LogP contribution in [-0.2, 0) is 0 Å². The summed E-state index contributed by atoms with van der Waals surface area (Å²) in [7, 11) is 0. The molecule has 2 heterocycles. The van der Waals surface area contributed by atoms with Gasteiger partial charge in [-0.15, -0.1) is 0 Å². The molecule has 1 saturated heterocycles. The molecule has 1 aliphatic heterocycles. The molecule has 4 nitrogen and oxygen atoms in total. The summed E-state index contributed by atoms with van der Waals surface area (Å²) in [4.78, 5) is 2.59. The Hall–Kier alpha value is -1.65. The lowest BCUT2D eigenvalue weighted by Crippen LogP contribution is -2.42. The van der Waals surface area contributed by atoms with Gasteiger partial charge < -0.3 is 10.6 Å². The van der Waals surface area contributed by atoms with E-state index in [-0.39, 0.29) is 6.04 Å². The van der Waals surface area contributed by atoms with Crippen molar-refractivity contribution in [3.05, 3.63) is 53.3 Å². The quantitative estimate of drug-likeness (QED) is 0.763. The molecule has 0 radical (unpaired) electrons. The van der Waals surface area contributed by atoms with Crippen LogP contribution in [0.4, 0.5) is 0 Å². The number of benzene rings is 1. The van der Waals surface area contributed by atoms with Gasteiger partial charge in [0.25, 0.3) is 0 Å². The molecule has 0 bridgehead atoms. The molecule has 2 N–H and O–H groups in total. The molecule has 2 unspecified atom stereocenters. The Labute approximate surface area is 172 Å². The van der Waals surface area contributed by atoms with Crippen molar-refractivity contribution in [2.75, 3.05) is 13.1 Å². The molecule has 0 spiro atoms. The molecular formula is C24H40N4. The molecule has 2 atom stereocenters. The standard InChI is InChI=1S/C20H30N4.C4H10/c1-15-13-17(3)24(22-15)19-9-11-23(12-10-19)16(2)14-20(21)18-7-5-4-6-8-18;1-4(2)3/h4-8,13,16,19-20H,9-12,14,21H2,1-3H3;4H,1-3H3. The van der Waals surface area contributed by atoms with Crippen molar-refractivity contribution in [3.8, 4) is 0 Å². The Morgan fingerprint density at radius 3 is 2.11 bits per heavy atom. The first-order chi connectivity index (χ1) is 13.3. The van der Waals surface area contributed by atoms with Crippen LogP contribution >= 0.6 is 0 Å². The number of likely N-dealkylation sites (tertiary alicyclic amines) is 1. The average molecular weight is 385 g/mol. The van der Waals surface area contributed by atoms with E-state index in [9.17, 15) is 0 Å². The second-order valence-electron chi connectivity index (χ2n) is 8.97. The van der Waals surface area contributed by atoms with E-state index in [1.165, 1.54) is 24.1 Å². The van der Waals surface area contributed by atoms with Crippen LogP contribution in [0.3, 0.4) is 0 Å². The molecule has 0 aliphatic carbocycles. The number of hydrogen-bond acceptors (Lipinski definition) is 3. The molecule has 0 amide bonds. The van der Waals surface area contributed by atoms with E-state index in [0.29, 0.717) is 12.1 Å². The van der Waals surface area contributed by atoms with Gasteiger partial charge in [-0.05, 0) is 57.6 Å². The van der Waals surface area contributed by atoms with Crippen LogP contribution < -0.4 is 5.73 Å². The number of piperidine rings is 1. The van der Waals surface area contributed by atoms with E-state index in [1.807, 2.05) is 6.07 Å². The highest BCUT2D eigenvalue weighted by atomic mass is 15.3. The van der Waals surface area contributed by atoms with Crippen molar-refractivity contribution in [2.45, 2.75) is 78.9 Å². The van der Waals surface area contributed by atoms with Gasteiger partial charge in [-0.3, -0.25) is 4.68 Å². The van der Waals surface area contributed by atoms with Gasteiger partial charge in [-0.1, -0.05) is 51.1 Å². The highest BCUT2D eigenvalue weighted by Crippen LogP contribution is 2.27. The molecule has 1 aromatic heterocycles. The minimum Gasteiger partial charge on any atom is -0.324 e. The van der Waals surface area contributed by atoms with Crippen molar-refractivity contribution in [1.82, 2.24) is 14.7 Å². The van der Waals surface area contributed by atoms with Gasteiger partial charge in [-0.2, -0.15) is 5.10 Å². The lowest BCUT2D eigenvalue weighted by Gasteiger charge is -2.37.